The molecule has 6 nitrogen and oxygen atoms in total. The Kier molecular flexibility index (Phi) is 5.83. The van der Waals surface area contributed by atoms with E-state index < -0.39 is 0 Å². The molecule has 0 bridgehead atoms. The standard InChI is InChI=1S/C33H36FN5O/c34-26-4-6-27(7-5-26)39-31-16-24-19-35-37-30(24)17-29(31)28(32(39)23-10-14-40-15-11-23)3-1-2-22-18-36-38(20-22)21-33-12-8-25(33)9-13-33/h4-7,16-20,23,25H,1-3,8-15,21H2,(H,35,37). The minimum absolute atomic E-state index is 0.212. The number of benzene rings is 2. The van der Waals surface area contributed by atoms with Gasteiger partial charge in [-0.1, -0.05) is 0 Å². The summed E-state index contributed by atoms with van der Waals surface area (Å²) < 4.78 is 24.3. The highest BCUT2D eigenvalue weighted by atomic mass is 19.1. The van der Waals surface area contributed by atoms with Gasteiger partial charge in [-0.05, 0) is 117 Å². The van der Waals surface area contributed by atoms with Gasteiger partial charge in [0.1, 0.15) is 5.82 Å². The molecule has 3 aromatic heterocycles. The molecule has 0 atom stereocenters. The van der Waals surface area contributed by atoms with Crippen molar-refractivity contribution in [1.29, 1.82) is 0 Å². The highest BCUT2D eigenvalue weighted by molar-refractivity contribution is 5.98. The topological polar surface area (TPSA) is 60.7 Å². The van der Waals surface area contributed by atoms with Gasteiger partial charge in [-0.3, -0.25) is 9.78 Å². The summed E-state index contributed by atoms with van der Waals surface area (Å²) >= 11 is 0. The van der Waals surface area contributed by atoms with E-state index in [1.54, 1.807) is 12.1 Å². The largest absolute Gasteiger partial charge is 0.381 e. The van der Waals surface area contributed by atoms with E-state index in [2.05, 4.69) is 44.0 Å². The summed E-state index contributed by atoms with van der Waals surface area (Å²) in [5.41, 5.74) is 7.88. The van der Waals surface area contributed by atoms with Crippen molar-refractivity contribution >= 4 is 21.8 Å². The summed E-state index contributed by atoms with van der Waals surface area (Å²) in [5.74, 6) is 1.14. The minimum Gasteiger partial charge on any atom is -0.381 e. The van der Waals surface area contributed by atoms with E-state index in [-0.39, 0.29) is 5.82 Å². The van der Waals surface area contributed by atoms with Gasteiger partial charge in [-0.15, -0.1) is 0 Å². The molecule has 3 aliphatic rings. The summed E-state index contributed by atoms with van der Waals surface area (Å²) in [5, 5.41) is 14.6. The molecule has 1 aliphatic heterocycles. The van der Waals surface area contributed by atoms with Gasteiger partial charge < -0.3 is 9.30 Å². The number of ether oxygens (including phenoxy) is 1. The molecule has 2 saturated carbocycles. The van der Waals surface area contributed by atoms with Crippen molar-refractivity contribution in [3.63, 3.8) is 0 Å². The minimum atomic E-state index is -0.212. The van der Waals surface area contributed by atoms with Crippen LogP contribution < -0.4 is 0 Å². The molecule has 40 heavy (non-hydrogen) atoms. The Bertz CT molecular complexity index is 1660. The van der Waals surface area contributed by atoms with Gasteiger partial charge in [0, 0.05) is 54.0 Å². The van der Waals surface area contributed by atoms with Crippen LogP contribution in [0.5, 0.6) is 0 Å². The molecule has 0 unspecified atom stereocenters. The second-order valence-corrected chi connectivity index (χ2v) is 12.4. The van der Waals surface area contributed by atoms with Gasteiger partial charge in [0.05, 0.1) is 23.4 Å². The third-order valence-corrected chi connectivity index (χ3v) is 10.3. The van der Waals surface area contributed by atoms with Crippen LogP contribution in [-0.2, 0) is 24.1 Å². The van der Waals surface area contributed by atoms with Crippen LogP contribution in [0.3, 0.4) is 0 Å². The van der Waals surface area contributed by atoms with Crippen LogP contribution in [0.25, 0.3) is 27.5 Å². The number of hydrogen-bond donors (Lipinski definition) is 1. The van der Waals surface area contributed by atoms with Crippen molar-refractivity contribution in [3.05, 3.63) is 77.6 Å². The first-order valence-electron chi connectivity index (χ1n) is 15.0. The Morgan fingerprint density at radius 1 is 1.00 bits per heavy atom. The SMILES string of the molecule is Fc1ccc(-n2c(C3CCOCC3)c(CCCc3cnn(CC45CCC4CC5)c3)c3cc4[nH]ncc4cc32)cc1. The lowest BCUT2D eigenvalue weighted by atomic mass is 9.48. The van der Waals surface area contributed by atoms with E-state index >= 15 is 0 Å². The maximum atomic E-state index is 14.0. The molecule has 1 saturated heterocycles. The van der Waals surface area contributed by atoms with Gasteiger partial charge >= 0.3 is 0 Å². The first-order valence-corrected chi connectivity index (χ1v) is 15.0. The van der Waals surface area contributed by atoms with Crippen LogP contribution in [0.2, 0.25) is 0 Å². The monoisotopic (exact) mass is 537 g/mol. The number of nitrogens with zero attached hydrogens (tertiary/aromatic N) is 4. The molecule has 8 rings (SSSR count). The number of rotatable bonds is 8. The van der Waals surface area contributed by atoms with Crippen LogP contribution >= 0.6 is 0 Å². The normalized spacial score (nSPS) is 22.9. The molecule has 206 valence electrons. The number of aromatic amines is 1. The Labute approximate surface area is 233 Å². The van der Waals surface area contributed by atoms with Crippen LogP contribution in [0, 0.1) is 17.2 Å². The molecule has 0 radical (unpaired) electrons. The summed E-state index contributed by atoms with van der Waals surface area (Å²) in [6.07, 6.45) is 16.9. The maximum Gasteiger partial charge on any atom is 0.123 e. The van der Waals surface area contributed by atoms with E-state index in [4.69, 9.17) is 9.84 Å². The molecule has 4 heterocycles. The van der Waals surface area contributed by atoms with Crippen molar-refractivity contribution in [3.8, 4) is 5.69 Å². The van der Waals surface area contributed by atoms with E-state index in [0.29, 0.717) is 11.3 Å². The molecule has 0 spiro atoms. The van der Waals surface area contributed by atoms with Crippen molar-refractivity contribution in [2.75, 3.05) is 13.2 Å². The molecule has 5 aromatic rings. The third kappa shape index (κ3) is 4.00. The summed E-state index contributed by atoms with van der Waals surface area (Å²) in [6, 6.07) is 11.4. The van der Waals surface area contributed by atoms with Crippen LogP contribution in [-0.4, -0.2) is 37.8 Å². The highest BCUT2D eigenvalue weighted by Crippen LogP contribution is 2.61. The van der Waals surface area contributed by atoms with E-state index in [0.717, 1.165) is 74.4 Å². The van der Waals surface area contributed by atoms with Gasteiger partial charge in [-0.2, -0.15) is 10.2 Å². The predicted octanol–water partition coefficient (Wildman–Crippen LogP) is 7.10. The van der Waals surface area contributed by atoms with Crippen LogP contribution in [0.1, 0.15) is 67.7 Å². The van der Waals surface area contributed by atoms with Gasteiger partial charge in [0.2, 0.25) is 0 Å². The number of H-pyrrole nitrogens is 1. The molecule has 2 aromatic carbocycles. The molecular weight excluding hydrogens is 501 g/mol. The lowest BCUT2D eigenvalue weighted by Gasteiger charge is -2.58. The fourth-order valence-corrected chi connectivity index (χ4v) is 7.82. The lowest BCUT2D eigenvalue weighted by molar-refractivity contribution is -0.0901. The van der Waals surface area contributed by atoms with Gasteiger partial charge in [-0.25, -0.2) is 4.39 Å². The predicted molar refractivity (Wildman–Crippen MR) is 154 cm³/mol. The first-order chi connectivity index (χ1) is 19.7. The van der Waals surface area contributed by atoms with Gasteiger partial charge in [0.25, 0.3) is 0 Å². The quantitative estimate of drug-likeness (QED) is 0.230. The molecular formula is C33H36FN5O. The lowest BCUT2D eigenvalue weighted by Crippen LogP contribution is -2.51. The number of hydrogen-bond acceptors (Lipinski definition) is 3. The Morgan fingerprint density at radius 3 is 2.58 bits per heavy atom. The van der Waals surface area contributed by atoms with E-state index in [1.807, 2.05) is 18.3 Å². The van der Waals surface area contributed by atoms with E-state index in [9.17, 15) is 4.39 Å². The molecule has 2 aliphatic carbocycles. The second-order valence-electron chi connectivity index (χ2n) is 12.4. The molecule has 7 heteroatoms. The average molecular weight is 538 g/mol. The summed E-state index contributed by atoms with van der Waals surface area (Å²) in [7, 11) is 0. The van der Waals surface area contributed by atoms with Gasteiger partial charge in [0.15, 0.2) is 0 Å². The number of nitrogens with one attached hydrogen (secondary N) is 1. The van der Waals surface area contributed by atoms with E-state index in [1.165, 1.54) is 53.4 Å². The number of halogens is 1. The second kappa shape index (κ2) is 9.58. The number of aryl methyl sites for hydroxylation is 2. The zero-order chi connectivity index (χ0) is 26.7. The summed E-state index contributed by atoms with van der Waals surface area (Å²) in [6.45, 7) is 2.65. The molecule has 3 fully saturated rings. The van der Waals surface area contributed by atoms with Crippen LogP contribution in [0.15, 0.2) is 55.0 Å². The molecule has 1 N–H and O–H groups in total. The fraction of sp³-hybridized carbons (Fsp3) is 0.455. The highest BCUT2D eigenvalue weighted by Gasteiger charge is 2.53. The first kappa shape index (κ1) is 24.4. The van der Waals surface area contributed by atoms with Crippen molar-refractivity contribution in [2.45, 2.75) is 70.3 Å². The van der Waals surface area contributed by atoms with Crippen molar-refractivity contribution in [1.82, 2.24) is 24.5 Å². The Hall–Kier alpha value is -3.45. The average Bonchev–Trinajstić information content (AvgIpc) is 3.70. The smallest absolute Gasteiger partial charge is 0.123 e. The van der Waals surface area contributed by atoms with Crippen molar-refractivity contribution in [2.24, 2.45) is 11.3 Å². The number of fused-ring (bicyclic) bond motifs is 3. The zero-order valence-electron chi connectivity index (χ0n) is 22.9. The number of aromatic nitrogens is 5. The fourth-order valence-electron chi connectivity index (χ4n) is 7.82. The third-order valence-electron chi connectivity index (χ3n) is 10.3. The summed E-state index contributed by atoms with van der Waals surface area (Å²) in [4.78, 5) is 0. The maximum absolute atomic E-state index is 14.0. The molecule has 0 amide bonds. The Balaban J connectivity index is 1.14. The zero-order valence-corrected chi connectivity index (χ0v) is 22.9. The van der Waals surface area contributed by atoms with Crippen molar-refractivity contribution < 1.29 is 9.13 Å². The Morgan fingerprint density at radius 2 is 1.82 bits per heavy atom. The van der Waals surface area contributed by atoms with Crippen LogP contribution in [0.4, 0.5) is 4.39 Å².